The van der Waals surface area contributed by atoms with Crippen LogP contribution in [0.1, 0.15) is 51.1 Å². The number of likely N-dealkylation sites (N-methyl/N-ethyl adjacent to an activating group) is 1. The normalized spacial score (nSPS) is 21.1. The first-order valence-corrected chi connectivity index (χ1v) is 7.92. The monoisotopic (exact) mass is 274 g/mol. The molecule has 0 bridgehead atoms. The lowest BCUT2D eigenvalue weighted by atomic mass is 9.75. The van der Waals surface area contributed by atoms with E-state index in [2.05, 4.69) is 68.5 Å². The van der Waals surface area contributed by atoms with E-state index in [1.165, 1.54) is 31.2 Å². The molecule has 20 heavy (non-hydrogen) atoms. The molecule has 1 unspecified atom stereocenters. The SMILES string of the molecule is CN(C)CC(NC1CCC(C)(C)CC1)c1ccccc1. The molecule has 1 aromatic rings. The van der Waals surface area contributed by atoms with Crippen molar-refractivity contribution in [2.45, 2.75) is 51.6 Å². The van der Waals surface area contributed by atoms with Crippen molar-refractivity contribution in [3.05, 3.63) is 35.9 Å². The molecule has 2 heteroatoms. The van der Waals surface area contributed by atoms with Gasteiger partial charge in [0.25, 0.3) is 0 Å². The Morgan fingerprint density at radius 1 is 1.15 bits per heavy atom. The number of rotatable bonds is 5. The highest BCUT2D eigenvalue weighted by Gasteiger charge is 2.28. The zero-order chi connectivity index (χ0) is 14.6. The summed E-state index contributed by atoms with van der Waals surface area (Å²) in [5, 5.41) is 3.90. The first-order chi connectivity index (χ1) is 9.46. The molecule has 1 aromatic carbocycles. The van der Waals surface area contributed by atoms with Gasteiger partial charge in [-0.3, -0.25) is 0 Å². The fraction of sp³-hybridized carbons (Fsp3) is 0.667. The van der Waals surface area contributed by atoms with Crippen LogP contribution in [0.25, 0.3) is 0 Å². The second kappa shape index (κ2) is 6.73. The van der Waals surface area contributed by atoms with Crippen LogP contribution in [-0.2, 0) is 0 Å². The van der Waals surface area contributed by atoms with Crippen LogP contribution in [-0.4, -0.2) is 31.6 Å². The van der Waals surface area contributed by atoms with E-state index in [0.717, 1.165) is 6.54 Å². The molecule has 0 radical (unpaired) electrons. The highest BCUT2D eigenvalue weighted by Crippen LogP contribution is 2.35. The van der Waals surface area contributed by atoms with Crippen LogP contribution in [0.15, 0.2) is 30.3 Å². The lowest BCUT2D eigenvalue weighted by Crippen LogP contribution is -2.41. The van der Waals surface area contributed by atoms with Crippen molar-refractivity contribution in [1.82, 2.24) is 10.2 Å². The molecular formula is C18H30N2. The Hall–Kier alpha value is -0.860. The fourth-order valence-corrected chi connectivity index (χ4v) is 3.16. The zero-order valence-corrected chi connectivity index (χ0v) is 13.5. The maximum Gasteiger partial charge on any atom is 0.0451 e. The van der Waals surface area contributed by atoms with Gasteiger partial charge in [0, 0.05) is 18.6 Å². The minimum absolute atomic E-state index is 0.442. The third-order valence-electron chi connectivity index (χ3n) is 4.53. The minimum atomic E-state index is 0.442. The molecule has 0 spiro atoms. The molecule has 0 saturated heterocycles. The Kier molecular flexibility index (Phi) is 5.22. The molecule has 0 aliphatic heterocycles. The van der Waals surface area contributed by atoms with Crippen molar-refractivity contribution in [1.29, 1.82) is 0 Å². The molecule has 2 rings (SSSR count). The Labute approximate surface area is 124 Å². The molecule has 1 fully saturated rings. The van der Waals surface area contributed by atoms with Crippen LogP contribution in [0, 0.1) is 5.41 Å². The van der Waals surface area contributed by atoms with E-state index in [9.17, 15) is 0 Å². The standard InChI is InChI=1S/C18H30N2/c1-18(2)12-10-16(11-13-18)19-17(14-20(3)4)15-8-6-5-7-9-15/h5-9,16-17,19H,10-14H2,1-4H3. The molecule has 1 atom stereocenters. The van der Waals surface area contributed by atoms with Gasteiger partial charge in [0.05, 0.1) is 0 Å². The van der Waals surface area contributed by atoms with Gasteiger partial charge in [0.15, 0.2) is 0 Å². The molecule has 2 nitrogen and oxygen atoms in total. The summed E-state index contributed by atoms with van der Waals surface area (Å²) >= 11 is 0. The molecule has 0 amide bonds. The van der Waals surface area contributed by atoms with E-state index in [-0.39, 0.29) is 0 Å². The number of nitrogens with zero attached hydrogens (tertiary/aromatic N) is 1. The van der Waals surface area contributed by atoms with Crippen molar-refractivity contribution in [2.75, 3.05) is 20.6 Å². The van der Waals surface area contributed by atoms with Gasteiger partial charge in [-0.15, -0.1) is 0 Å². The first kappa shape index (κ1) is 15.5. The molecule has 1 N–H and O–H groups in total. The number of benzene rings is 1. The van der Waals surface area contributed by atoms with Crippen LogP contribution in [0.2, 0.25) is 0 Å². The van der Waals surface area contributed by atoms with Crippen LogP contribution < -0.4 is 5.32 Å². The molecule has 1 aliphatic carbocycles. The Morgan fingerprint density at radius 2 is 1.75 bits per heavy atom. The predicted molar refractivity (Wildman–Crippen MR) is 86.9 cm³/mol. The molecule has 0 aromatic heterocycles. The van der Waals surface area contributed by atoms with E-state index in [1.807, 2.05) is 0 Å². The maximum absolute atomic E-state index is 3.90. The Morgan fingerprint density at radius 3 is 2.30 bits per heavy atom. The molecular weight excluding hydrogens is 244 g/mol. The van der Waals surface area contributed by atoms with Gasteiger partial charge in [-0.25, -0.2) is 0 Å². The van der Waals surface area contributed by atoms with Gasteiger partial charge in [-0.2, -0.15) is 0 Å². The van der Waals surface area contributed by atoms with E-state index >= 15 is 0 Å². The largest absolute Gasteiger partial charge is 0.308 e. The van der Waals surface area contributed by atoms with Gasteiger partial charge < -0.3 is 10.2 Å². The summed E-state index contributed by atoms with van der Waals surface area (Å²) in [5.74, 6) is 0. The molecule has 0 heterocycles. The molecule has 1 aliphatic rings. The topological polar surface area (TPSA) is 15.3 Å². The molecule has 112 valence electrons. The van der Waals surface area contributed by atoms with E-state index in [0.29, 0.717) is 17.5 Å². The van der Waals surface area contributed by atoms with Crippen molar-refractivity contribution in [3.8, 4) is 0 Å². The van der Waals surface area contributed by atoms with Crippen molar-refractivity contribution in [3.63, 3.8) is 0 Å². The number of hydrogen-bond acceptors (Lipinski definition) is 2. The van der Waals surface area contributed by atoms with Crippen LogP contribution in [0.4, 0.5) is 0 Å². The predicted octanol–water partition coefficient (Wildman–Crippen LogP) is 3.85. The van der Waals surface area contributed by atoms with E-state index in [4.69, 9.17) is 0 Å². The van der Waals surface area contributed by atoms with Gasteiger partial charge >= 0.3 is 0 Å². The zero-order valence-electron chi connectivity index (χ0n) is 13.5. The van der Waals surface area contributed by atoms with E-state index < -0.39 is 0 Å². The van der Waals surface area contributed by atoms with Gasteiger partial charge in [-0.1, -0.05) is 44.2 Å². The second-order valence-electron chi connectivity index (χ2n) is 7.33. The Bertz CT molecular complexity index is 387. The summed E-state index contributed by atoms with van der Waals surface area (Å²) in [6.45, 7) is 5.86. The van der Waals surface area contributed by atoms with Crippen LogP contribution in [0.3, 0.4) is 0 Å². The average Bonchev–Trinajstić information content (AvgIpc) is 2.41. The summed E-state index contributed by atoms with van der Waals surface area (Å²) in [7, 11) is 4.31. The van der Waals surface area contributed by atoms with Crippen molar-refractivity contribution < 1.29 is 0 Å². The summed E-state index contributed by atoms with van der Waals surface area (Å²) in [5.41, 5.74) is 1.95. The maximum atomic E-state index is 3.90. The highest BCUT2D eigenvalue weighted by molar-refractivity contribution is 5.19. The summed E-state index contributed by atoms with van der Waals surface area (Å²) < 4.78 is 0. The lowest BCUT2D eigenvalue weighted by Gasteiger charge is -2.37. The second-order valence-corrected chi connectivity index (χ2v) is 7.33. The Balaban J connectivity index is 1.98. The number of nitrogens with one attached hydrogen (secondary N) is 1. The summed E-state index contributed by atoms with van der Waals surface area (Å²) in [4.78, 5) is 2.28. The smallest absolute Gasteiger partial charge is 0.0451 e. The van der Waals surface area contributed by atoms with Crippen LogP contribution in [0.5, 0.6) is 0 Å². The van der Waals surface area contributed by atoms with Gasteiger partial charge in [0.2, 0.25) is 0 Å². The van der Waals surface area contributed by atoms with Gasteiger partial charge in [0.1, 0.15) is 0 Å². The van der Waals surface area contributed by atoms with Crippen molar-refractivity contribution >= 4 is 0 Å². The first-order valence-electron chi connectivity index (χ1n) is 7.92. The van der Waals surface area contributed by atoms with Crippen LogP contribution >= 0.6 is 0 Å². The minimum Gasteiger partial charge on any atom is -0.308 e. The highest BCUT2D eigenvalue weighted by atomic mass is 15.1. The third kappa shape index (κ3) is 4.60. The summed E-state index contributed by atoms with van der Waals surface area (Å²) in [6, 6.07) is 12.0. The van der Waals surface area contributed by atoms with Gasteiger partial charge in [-0.05, 0) is 50.8 Å². The van der Waals surface area contributed by atoms with E-state index in [1.54, 1.807) is 0 Å². The summed E-state index contributed by atoms with van der Waals surface area (Å²) in [6.07, 6.45) is 5.30. The third-order valence-corrected chi connectivity index (χ3v) is 4.53. The fourth-order valence-electron chi connectivity index (χ4n) is 3.16. The number of hydrogen-bond donors (Lipinski definition) is 1. The average molecular weight is 274 g/mol. The molecule has 1 saturated carbocycles. The lowest BCUT2D eigenvalue weighted by molar-refractivity contribution is 0.191. The van der Waals surface area contributed by atoms with Crippen molar-refractivity contribution in [2.24, 2.45) is 5.41 Å². The quantitative estimate of drug-likeness (QED) is 0.877.